The Bertz CT molecular complexity index is 912. The van der Waals surface area contributed by atoms with Gasteiger partial charge in [0, 0.05) is 31.3 Å². The topological polar surface area (TPSA) is 73.3 Å². The second kappa shape index (κ2) is 9.90. The molecule has 0 saturated carbocycles. The van der Waals surface area contributed by atoms with Crippen LogP contribution in [0.4, 0.5) is 17.6 Å². The molecule has 7 nitrogen and oxygen atoms in total. The number of halogens is 4. The lowest BCUT2D eigenvalue weighted by atomic mass is 10.1. The van der Waals surface area contributed by atoms with Crippen LogP contribution in [0.15, 0.2) is 35.3 Å². The summed E-state index contributed by atoms with van der Waals surface area (Å²) in [6.07, 6.45) is 0. The molecule has 0 aromatic heterocycles. The largest absolute Gasteiger partial charge is 0.492 e. The summed E-state index contributed by atoms with van der Waals surface area (Å²) in [5, 5.41) is 5.91. The average molecular weight is 429 g/mol. The standard InChI is InChI=1S/C19H19F4N3O4/c1-24-19(25-4-5-27-12-2-3-13(20)14(21)7-12)26-9-11-6-16-17(29-10-28-16)8-15(11)30-18(22)23/h2-3,6-8,18H,4-5,9-10H2,1H3,(H2,24,25,26). The van der Waals surface area contributed by atoms with Crippen LogP contribution in [0.3, 0.4) is 0 Å². The number of rotatable bonds is 8. The summed E-state index contributed by atoms with van der Waals surface area (Å²) in [4.78, 5) is 4.02. The van der Waals surface area contributed by atoms with Crippen molar-refractivity contribution in [2.45, 2.75) is 13.2 Å². The van der Waals surface area contributed by atoms with Gasteiger partial charge in [0.2, 0.25) is 6.79 Å². The number of guanidine groups is 1. The molecule has 0 amide bonds. The maximum Gasteiger partial charge on any atom is 0.387 e. The van der Waals surface area contributed by atoms with Crippen molar-refractivity contribution in [3.63, 3.8) is 0 Å². The monoisotopic (exact) mass is 429 g/mol. The van der Waals surface area contributed by atoms with E-state index in [9.17, 15) is 17.6 Å². The molecular formula is C19H19F4N3O4. The predicted molar refractivity (Wildman–Crippen MR) is 99.3 cm³/mol. The highest BCUT2D eigenvalue weighted by molar-refractivity contribution is 5.79. The molecule has 2 aromatic carbocycles. The first-order valence-corrected chi connectivity index (χ1v) is 8.86. The number of aliphatic imine (C=N–C) groups is 1. The molecule has 0 unspecified atom stereocenters. The zero-order chi connectivity index (χ0) is 21.5. The van der Waals surface area contributed by atoms with E-state index in [1.165, 1.54) is 19.2 Å². The highest BCUT2D eigenvalue weighted by Crippen LogP contribution is 2.38. The van der Waals surface area contributed by atoms with E-state index in [1.807, 2.05) is 0 Å². The molecule has 0 aliphatic carbocycles. The third-order valence-electron chi connectivity index (χ3n) is 4.00. The Morgan fingerprint density at radius 1 is 1.10 bits per heavy atom. The molecule has 0 bridgehead atoms. The van der Waals surface area contributed by atoms with Crippen LogP contribution in [0.5, 0.6) is 23.0 Å². The van der Waals surface area contributed by atoms with Gasteiger partial charge in [0.1, 0.15) is 18.1 Å². The van der Waals surface area contributed by atoms with Crippen LogP contribution in [-0.2, 0) is 6.54 Å². The van der Waals surface area contributed by atoms with Crippen molar-refractivity contribution in [1.29, 1.82) is 0 Å². The Morgan fingerprint density at radius 2 is 1.87 bits per heavy atom. The quantitative estimate of drug-likeness (QED) is 0.291. The average Bonchev–Trinajstić information content (AvgIpc) is 3.16. The number of fused-ring (bicyclic) bond motifs is 1. The van der Waals surface area contributed by atoms with E-state index in [0.29, 0.717) is 29.6 Å². The van der Waals surface area contributed by atoms with Crippen molar-refractivity contribution in [2.24, 2.45) is 4.99 Å². The molecule has 3 rings (SSSR count). The zero-order valence-corrected chi connectivity index (χ0v) is 15.9. The van der Waals surface area contributed by atoms with E-state index < -0.39 is 18.2 Å². The minimum absolute atomic E-state index is 0.00150. The second-order valence-corrected chi connectivity index (χ2v) is 5.97. The lowest BCUT2D eigenvalue weighted by molar-refractivity contribution is -0.0505. The number of ether oxygens (including phenoxy) is 4. The van der Waals surface area contributed by atoms with E-state index in [4.69, 9.17) is 14.2 Å². The third-order valence-corrected chi connectivity index (χ3v) is 4.00. The fraction of sp³-hybridized carbons (Fsp3) is 0.316. The number of nitrogens with one attached hydrogen (secondary N) is 2. The Kier molecular flexibility index (Phi) is 7.04. The van der Waals surface area contributed by atoms with Gasteiger partial charge in [0.05, 0.1) is 6.54 Å². The fourth-order valence-corrected chi connectivity index (χ4v) is 2.61. The summed E-state index contributed by atoms with van der Waals surface area (Å²) in [6, 6.07) is 6.13. The summed E-state index contributed by atoms with van der Waals surface area (Å²) >= 11 is 0. The van der Waals surface area contributed by atoms with Gasteiger partial charge in [-0.2, -0.15) is 8.78 Å². The first kappa shape index (κ1) is 21.3. The molecule has 0 atom stereocenters. The minimum atomic E-state index is -2.99. The third kappa shape index (κ3) is 5.58. The summed E-state index contributed by atoms with van der Waals surface area (Å²) in [7, 11) is 1.53. The van der Waals surface area contributed by atoms with Crippen molar-refractivity contribution in [3.8, 4) is 23.0 Å². The van der Waals surface area contributed by atoms with Crippen LogP contribution in [-0.4, -0.2) is 39.6 Å². The van der Waals surface area contributed by atoms with Crippen LogP contribution < -0.4 is 29.6 Å². The lowest BCUT2D eigenvalue weighted by Gasteiger charge is -2.15. The van der Waals surface area contributed by atoms with E-state index in [0.717, 1.165) is 12.1 Å². The maximum absolute atomic E-state index is 13.2. The van der Waals surface area contributed by atoms with Gasteiger partial charge in [-0.1, -0.05) is 0 Å². The zero-order valence-electron chi connectivity index (χ0n) is 15.9. The molecule has 2 aromatic rings. The van der Waals surface area contributed by atoms with Crippen LogP contribution in [0.1, 0.15) is 5.56 Å². The SMILES string of the molecule is CN=C(NCCOc1ccc(F)c(F)c1)NCc1cc2c(cc1OC(F)F)OCO2. The van der Waals surface area contributed by atoms with Gasteiger partial charge >= 0.3 is 6.61 Å². The van der Waals surface area contributed by atoms with Gasteiger partial charge in [-0.25, -0.2) is 8.78 Å². The van der Waals surface area contributed by atoms with Gasteiger partial charge in [-0.05, 0) is 18.2 Å². The molecule has 1 aliphatic rings. The highest BCUT2D eigenvalue weighted by atomic mass is 19.3. The summed E-state index contributed by atoms with van der Waals surface area (Å²) in [5.74, 6) is -0.689. The van der Waals surface area contributed by atoms with Gasteiger partial charge in [0.25, 0.3) is 0 Å². The lowest BCUT2D eigenvalue weighted by Crippen LogP contribution is -2.39. The first-order chi connectivity index (χ1) is 14.5. The first-order valence-electron chi connectivity index (χ1n) is 8.86. The molecule has 2 N–H and O–H groups in total. The molecule has 0 fully saturated rings. The number of hydrogen-bond acceptors (Lipinski definition) is 5. The number of hydrogen-bond donors (Lipinski definition) is 2. The highest BCUT2D eigenvalue weighted by Gasteiger charge is 2.20. The van der Waals surface area contributed by atoms with Crippen molar-refractivity contribution < 1.29 is 36.5 Å². The molecule has 1 heterocycles. The van der Waals surface area contributed by atoms with E-state index in [-0.39, 0.29) is 31.4 Å². The van der Waals surface area contributed by atoms with Gasteiger partial charge in [0.15, 0.2) is 29.1 Å². The maximum atomic E-state index is 13.2. The van der Waals surface area contributed by atoms with E-state index in [1.54, 1.807) is 6.07 Å². The smallest absolute Gasteiger partial charge is 0.387 e. The van der Waals surface area contributed by atoms with Crippen LogP contribution >= 0.6 is 0 Å². The molecule has 11 heteroatoms. The molecule has 1 aliphatic heterocycles. The summed E-state index contributed by atoms with van der Waals surface area (Å²) in [5.41, 5.74) is 0.417. The van der Waals surface area contributed by atoms with Crippen molar-refractivity contribution >= 4 is 5.96 Å². The van der Waals surface area contributed by atoms with Gasteiger partial charge < -0.3 is 29.6 Å². The van der Waals surface area contributed by atoms with Crippen LogP contribution in [0.2, 0.25) is 0 Å². The number of nitrogens with zero attached hydrogens (tertiary/aromatic N) is 1. The molecule has 30 heavy (non-hydrogen) atoms. The van der Waals surface area contributed by atoms with Crippen molar-refractivity contribution in [2.75, 3.05) is 27.0 Å². The minimum Gasteiger partial charge on any atom is -0.492 e. The number of alkyl halides is 2. The normalized spacial score (nSPS) is 12.8. The molecule has 0 radical (unpaired) electrons. The Hall–Kier alpha value is -3.37. The summed E-state index contributed by atoms with van der Waals surface area (Å²) in [6.45, 7) is -2.44. The molecule has 162 valence electrons. The Labute approximate surface area is 169 Å². The Morgan fingerprint density at radius 3 is 2.57 bits per heavy atom. The van der Waals surface area contributed by atoms with E-state index >= 15 is 0 Å². The summed E-state index contributed by atoms with van der Waals surface area (Å²) < 4.78 is 71.8. The van der Waals surface area contributed by atoms with Crippen LogP contribution in [0, 0.1) is 11.6 Å². The fourth-order valence-electron chi connectivity index (χ4n) is 2.61. The molecule has 0 saturated heterocycles. The second-order valence-electron chi connectivity index (χ2n) is 5.97. The molecule has 0 spiro atoms. The predicted octanol–water partition coefficient (Wildman–Crippen LogP) is 3.04. The number of benzene rings is 2. The Balaban J connectivity index is 1.52. The van der Waals surface area contributed by atoms with Crippen molar-refractivity contribution in [1.82, 2.24) is 10.6 Å². The van der Waals surface area contributed by atoms with Crippen molar-refractivity contribution in [3.05, 3.63) is 47.5 Å². The van der Waals surface area contributed by atoms with Gasteiger partial charge in [-0.15, -0.1) is 0 Å². The molecular weight excluding hydrogens is 410 g/mol. The van der Waals surface area contributed by atoms with Crippen LogP contribution in [0.25, 0.3) is 0 Å². The van der Waals surface area contributed by atoms with E-state index in [2.05, 4.69) is 20.4 Å². The van der Waals surface area contributed by atoms with Gasteiger partial charge in [-0.3, -0.25) is 4.99 Å².